The predicted octanol–water partition coefficient (Wildman–Crippen LogP) is 4.13. The normalized spacial score (nSPS) is 12.2. The lowest BCUT2D eigenvalue weighted by Gasteiger charge is -2.23. The predicted molar refractivity (Wildman–Crippen MR) is 84.3 cm³/mol. The van der Waals surface area contributed by atoms with Crippen LogP contribution < -0.4 is 10.2 Å². The Balaban J connectivity index is 2.93. The van der Waals surface area contributed by atoms with Crippen molar-refractivity contribution in [1.29, 1.82) is 0 Å². The molecule has 0 amide bonds. The topological polar surface area (TPSA) is 15.3 Å². The van der Waals surface area contributed by atoms with Crippen molar-refractivity contribution < 1.29 is 0 Å². The summed E-state index contributed by atoms with van der Waals surface area (Å²) in [6.45, 7) is 13.1. The highest BCUT2D eigenvalue weighted by atomic mass is 79.9. The van der Waals surface area contributed by atoms with E-state index in [1.54, 1.807) is 0 Å². The molecule has 0 bridgehead atoms. The number of anilines is 1. The van der Waals surface area contributed by atoms with Crippen molar-refractivity contribution in [2.75, 3.05) is 24.5 Å². The van der Waals surface area contributed by atoms with Gasteiger partial charge in [0.15, 0.2) is 0 Å². The fourth-order valence-electron chi connectivity index (χ4n) is 2.05. The Bertz CT molecular complexity index is 390. The molecule has 0 saturated heterocycles. The molecule has 3 heteroatoms. The Morgan fingerprint density at radius 3 is 2.67 bits per heavy atom. The maximum Gasteiger partial charge on any atom is 0.0380 e. The van der Waals surface area contributed by atoms with Crippen LogP contribution in [0.3, 0.4) is 0 Å². The van der Waals surface area contributed by atoms with E-state index in [-0.39, 0.29) is 0 Å². The molecule has 0 fully saturated rings. The second kappa shape index (κ2) is 7.59. The summed E-state index contributed by atoms with van der Waals surface area (Å²) < 4.78 is 1.16. The van der Waals surface area contributed by atoms with Crippen LogP contribution in [-0.4, -0.2) is 19.6 Å². The van der Waals surface area contributed by atoms with Gasteiger partial charge in [-0.1, -0.05) is 35.0 Å². The van der Waals surface area contributed by atoms with E-state index < -0.39 is 0 Å². The summed E-state index contributed by atoms with van der Waals surface area (Å²) in [4.78, 5) is 2.29. The first-order chi connectivity index (χ1) is 8.63. The van der Waals surface area contributed by atoms with Crippen molar-refractivity contribution in [3.8, 4) is 0 Å². The van der Waals surface area contributed by atoms with E-state index >= 15 is 0 Å². The summed E-state index contributed by atoms with van der Waals surface area (Å²) in [5.74, 6) is 0. The van der Waals surface area contributed by atoms with Gasteiger partial charge in [-0.2, -0.15) is 0 Å². The van der Waals surface area contributed by atoms with Crippen molar-refractivity contribution in [1.82, 2.24) is 5.32 Å². The fraction of sp³-hybridized carbons (Fsp3) is 0.467. The third kappa shape index (κ3) is 3.85. The van der Waals surface area contributed by atoms with Gasteiger partial charge in [0.25, 0.3) is 0 Å². The first kappa shape index (κ1) is 15.3. The molecule has 0 aromatic heterocycles. The summed E-state index contributed by atoms with van der Waals surface area (Å²) in [7, 11) is 0. The molecule has 0 aliphatic rings. The van der Waals surface area contributed by atoms with Crippen LogP contribution in [0, 0.1) is 0 Å². The van der Waals surface area contributed by atoms with Crippen molar-refractivity contribution in [3.05, 3.63) is 40.9 Å². The number of rotatable bonds is 7. The lowest BCUT2D eigenvalue weighted by atomic mass is 10.1. The van der Waals surface area contributed by atoms with Gasteiger partial charge in [0.1, 0.15) is 0 Å². The fourth-order valence-corrected chi connectivity index (χ4v) is 2.76. The van der Waals surface area contributed by atoms with Crippen LogP contribution in [0.4, 0.5) is 5.69 Å². The van der Waals surface area contributed by atoms with Crippen molar-refractivity contribution >= 4 is 21.6 Å². The third-order valence-electron chi connectivity index (χ3n) is 3.06. The zero-order valence-electron chi connectivity index (χ0n) is 11.5. The number of hydrogen-bond donors (Lipinski definition) is 1. The minimum atomic E-state index is 0.368. The van der Waals surface area contributed by atoms with Crippen LogP contribution in [0.15, 0.2) is 35.3 Å². The smallest absolute Gasteiger partial charge is 0.0380 e. The van der Waals surface area contributed by atoms with Gasteiger partial charge in [-0.15, -0.1) is 6.58 Å². The zero-order valence-corrected chi connectivity index (χ0v) is 13.1. The average Bonchev–Trinajstić information content (AvgIpc) is 2.36. The summed E-state index contributed by atoms with van der Waals surface area (Å²) in [6.07, 6.45) is 1.94. The number of hydrogen-bond acceptors (Lipinski definition) is 2. The van der Waals surface area contributed by atoms with Gasteiger partial charge in [-0.05, 0) is 38.1 Å². The minimum absolute atomic E-state index is 0.368. The largest absolute Gasteiger partial charge is 0.368 e. The van der Waals surface area contributed by atoms with Crippen LogP contribution in [0.25, 0.3) is 0 Å². The molecule has 1 N–H and O–H groups in total. The molecule has 100 valence electrons. The number of nitrogens with zero attached hydrogens (tertiary/aromatic N) is 1. The Labute approximate surface area is 119 Å². The SMILES string of the molecule is C=CCN(CC)c1ccc(C(C)NCC)c(Br)c1. The van der Waals surface area contributed by atoms with Gasteiger partial charge in [-0.3, -0.25) is 0 Å². The second-order valence-electron chi connectivity index (χ2n) is 4.31. The third-order valence-corrected chi connectivity index (χ3v) is 3.74. The maximum atomic E-state index is 3.80. The van der Waals surface area contributed by atoms with E-state index in [0.29, 0.717) is 6.04 Å². The van der Waals surface area contributed by atoms with Gasteiger partial charge in [0.05, 0.1) is 0 Å². The summed E-state index contributed by atoms with van der Waals surface area (Å²) in [6, 6.07) is 6.93. The summed E-state index contributed by atoms with van der Waals surface area (Å²) in [5.41, 5.74) is 2.53. The van der Waals surface area contributed by atoms with Crippen molar-refractivity contribution in [2.45, 2.75) is 26.8 Å². The molecule has 2 nitrogen and oxygen atoms in total. The summed E-state index contributed by atoms with van der Waals surface area (Å²) in [5, 5.41) is 3.43. The van der Waals surface area contributed by atoms with E-state index in [4.69, 9.17) is 0 Å². The van der Waals surface area contributed by atoms with E-state index in [0.717, 1.165) is 24.1 Å². The van der Waals surface area contributed by atoms with Crippen LogP contribution in [0.1, 0.15) is 32.4 Å². The molecule has 0 aliphatic heterocycles. The number of halogens is 1. The van der Waals surface area contributed by atoms with Gasteiger partial charge in [0, 0.05) is 29.3 Å². The zero-order chi connectivity index (χ0) is 13.5. The number of benzene rings is 1. The van der Waals surface area contributed by atoms with Gasteiger partial charge in [-0.25, -0.2) is 0 Å². The molecule has 1 aromatic carbocycles. The lowest BCUT2D eigenvalue weighted by molar-refractivity contribution is 0.596. The lowest BCUT2D eigenvalue weighted by Crippen LogP contribution is -2.23. The minimum Gasteiger partial charge on any atom is -0.368 e. The molecule has 1 atom stereocenters. The molecule has 18 heavy (non-hydrogen) atoms. The highest BCUT2D eigenvalue weighted by molar-refractivity contribution is 9.10. The Kier molecular flexibility index (Phi) is 6.44. The molecule has 0 saturated carbocycles. The van der Waals surface area contributed by atoms with Crippen LogP contribution in [0.2, 0.25) is 0 Å². The first-order valence-electron chi connectivity index (χ1n) is 6.52. The molecule has 1 unspecified atom stereocenters. The van der Waals surface area contributed by atoms with E-state index in [2.05, 4.69) is 71.7 Å². The molecular weight excluding hydrogens is 288 g/mol. The Morgan fingerprint density at radius 1 is 1.44 bits per heavy atom. The Morgan fingerprint density at radius 2 is 2.17 bits per heavy atom. The summed E-state index contributed by atoms with van der Waals surface area (Å²) >= 11 is 3.67. The maximum absolute atomic E-state index is 3.80. The molecular formula is C15H23BrN2. The number of nitrogens with one attached hydrogen (secondary N) is 1. The molecule has 0 spiro atoms. The van der Waals surface area contributed by atoms with Gasteiger partial charge >= 0.3 is 0 Å². The van der Waals surface area contributed by atoms with Crippen molar-refractivity contribution in [2.24, 2.45) is 0 Å². The quantitative estimate of drug-likeness (QED) is 0.762. The van der Waals surface area contributed by atoms with E-state index in [1.807, 2.05) is 6.08 Å². The molecule has 1 aromatic rings. The van der Waals surface area contributed by atoms with Gasteiger partial charge < -0.3 is 10.2 Å². The van der Waals surface area contributed by atoms with E-state index in [1.165, 1.54) is 11.3 Å². The highest BCUT2D eigenvalue weighted by Crippen LogP contribution is 2.28. The molecule has 0 aliphatic carbocycles. The van der Waals surface area contributed by atoms with Crippen molar-refractivity contribution in [3.63, 3.8) is 0 Å². The highest BCUT2D eigenvalue weighted by Gasteiger charge is 2.10. The Hall–Kier alpha value is -0.800. The average molecular weight is 311 g/mol. The van der Waals surface area contributed by atoms with Crippen LogP contribution in [0.5, 0.6) is 0 Å². The number of likely N-dealkylation sites (N-methyl/N-ethyl adjacent to an activating group) is 1. The second-order valence-corrected chi connectivity index (χ2v) is 5.17. The monoisotopic (exact) mass is 310 g/mol. The van der Waals surface area contributed by atoms with E-state index in [9.17, 15) is 0 Å². The van der Waals surface area contributed by atoms with Crippen LogP contribution in [-0.2, 0) is 0 Å². The molecule has 0 radical (unpaired) electrons. The van der Waals surface area contributed by atoms with Gasteiger partial charge in [0.2, 0.25) is 0 Å². The standard InChI is InChI=1S/C15H23BrN2/c1-5-10-18(7-3)13-8-9-14(15(16)11-13)12(4)17-6-2/h5,8-9,11-12,17H,1,6-7,10H2,2-4H3. The molecule has 0 heterocycles. The first-order valence-corrected chi connectivity index (χ1v) is 7.32. The van der Waals surface area contributed by atoms with Crippen LogP contribution >= 0.6 is 15.9 Å². The molecule has 1 rings (SSSR count).